The van der Waals surface area contributed by atoms with Crippen LogP contribution in [0.4, 0.5) is 0 Å². The van der Waals surface area contributed by atoms with Gasteiger partial charge < -0.3 is 0 Å². The predicted molar refractivity (Wildman–Crippen MR) is 270 cm³/mol. The molecule has 3 nitrogen and oxygen atoms in total. The standard InChI is InChI=1S/C60H39N3S/c1-60(2)52-24-11-10-22-48(52)50-35-41(27-30-53(50)60)59-62-57(36-14-4-3-5-15-36)61-58(63-59)40-17-12-16-39(32-40)42-23-13-25-55-56(42)51-34-38(28-31-54(51)64-55)37-26-29-47-45-20-7-6-18-43(45)44-19-8-9-21-46(44)49(47)33-37/h3-35H,1-2H3. The van der Waals surface area contributed by atoms with Crippen molar-refractivity contribution in [3.63, 3.8) is 0 Å². The van der Waals surface area contributed by atoms with Gasteiger partial charge in [-0.3, -0.25) is 0 Å². The van der Waals surface area contributed by atoms with Gasteiger partial charge in [0.1, 0.15) is 0 Å². The lowest BCUT2D eigenvalue weighted by molar-refractivity contribution is 0.660. The monoisotopic (exact) mass is 833 g/mol. The molecule has 13 rings (SSSR count). The van der Waals surface area contributed by atoms with Crippen molar-refractivity contribution in [2.45, 2.75) is 19.3 Å². The first-order valence-electron chi connectivity index (χ1n) is 21.9. The highest BCUT2D eigenvalue weighted by molar-refractivity contribution is 7.26. The van der Waals surface area contributed by atoms with Crippen LogP contribution < -0.4 is 0 Å². The van der Waals surface area contributed by atoms with Gasteiger partial charge >= 0.3 is 0 Å². The number of hydrogen-bond acceptors (Lipinski definition) is 4. The number of hydrogen-bond donors (Lipinski definition) is 0. The van der Waals surface area contributed by atoms with E-state index >= 15 is 0 Å². The number of nitrogens with zero attached hydrogens (tertiary/aromatic N) is 3. The summed E-state index contributed by atoms with van der Waals surface area (Å²) in [7, 11) is 0. The fraction of sp³-hybridized carbons (Fsp3) is 0.0500. The van der Waals surface area contributed by atoms with Crippen molar-refractivity contribution in [1.29, 1.82) is 0 Å². The molecule has 0 N–H and O–H groups in total. The number of thiophene rings is 1. The fourth-order valence-electron chi connectivity index (χ4n) is 10.4. The first-order valence-corrected chi connectivity index (χ1v) is 22.7. The largest absolute Gasteiger partial charge is 0.208 e. The minimum atomic E-state index is -0.0793. The summed E-state index contributed by atoms with van der Waals surface area (Å²) in [4.78, 5) is 15.5. The van der Waals surface area contributed by atoms with E-state index in [1.807, 2.05) is 29.5 Å². The van der Waals surface area contributed by atoms with Gasteiger partial charge in [-0.05, 0) is 113 Å². The van der Waals surface area contributed by atoms with Crippen LogP contribution in [0, 0.1) is 0 Å². The van der Waals surface area contributed by atoms with Crippen molar-refractivity contribution < 1.29 is 0 Å². The van der Waals surface area contributed by atoms with Gasteiger partial charge in [0.05, 0.1) is 0 Å². The summed E-state index contributed by atoms with van der Waals surface area (Å²) >= 11 is 1.85. The van der Waals surface area contributed by atoms with Gasteiger partial charge in [-0.15, -0.1) is 11.3 Å². The normalized spacial score (nSPS) is 13.0. The number of rotatable bonds is 5. The van der Waals surface area contributed by atoms with E-state index in [2.05, 4.69) is 196 Å². The molecule has 12 aromatic rings. The smallest absolute Gasteiger partial charge is 0.164 e. The van der Waals surface area contributed by atoms with E-state index in [0.717, 1.165) is 22.3 Å². The first-order chi connectivity index (χ1) is 31.5. The van der Waals surface area contributed by atoms with E-state index in [4.69, 9.17) is 15.0 Å². The maximum absolute atomic E-state index is 5.24. The Bertz CT molecular complexity index is 3850. The van der Waals surface area contributed by atoms with Crippen molar-refractivity contribution in [2.24, 2.45) is 0 Å². The molecule has 0 unspecified atom stereocenters. The molecule has 64 heavy (non-hydrogen) atoms. The molecule has 0 aliphatic heterocycles. The van der Waals surface area contributed by atoms with Crippen molar-refractivity contribution in [1.82, 2.24) is 15.0 Å². The first kappa shape index (κ1) is 36.8. The summed E-state index contributed by atoms with van der Waals surface area (Å²) in [5, 5.41) is 10.2. The maximum Gasteiger partial charge on any atom is 0.164 e. The fourth-order valence-corrected chi connectivity index (χ4v) is 11.5. The Morgan fingerprint density at radius 3 is 1.58 bits per heavy atom. The topological polar surface area (TPSA) is 38.7 Å². The van der Waals surface area contributed by atoms with Crippen LogP contribution in [0.2, 0.25) is 0 Å². The average molecular weight is 834 g/mol. The van der Waals surface area contributed by atoms with Crippen LogP contribution in [0.1, 0.15) is 25.0 Å². The van der Waals surface area contributed by atoms with Crippen molar-refractivity contribution in [3.8, 4) is 67.5 Å². The molecule has 0 amide bonds. The van der Waals surface area contributed by atoms with Gasteiger partial charge in [-0.25, -0.2) is 15.0 Å². The van der Waals surface area contributed by atoms with Crippen LogP contribution in [0.15, 0.2) is 200 Å². The highest BCUT2D eigenvalue weighted by atomic mass is 32.1. The Morgan fingerprint density at radius 2 is 0.828 bits per heavy atom. The van der Waals surface area contributed by atoms with Crippen molar-refractivity contribution in [3.05, 3.63) is 211 Å². The van der Waals surface area contributed by atoms with Gasteiger partial charge in [0.2, 0.25) is 0 Å². The molecule has 0 saturated heterocycles. The third-order valence-corrected chi connectivity index (χ3v) is 14.6. The summed E-state index contributed by atoms with van der Waals surface area (Å²) in [5.74, 6) is 1.96. The van der Waals surface area contributed by atoms with E-state index in [0.29, 0.717) is 17.5 Å². The zero-order valence-corrected chi connectivity index (χ0v) is 36.1. The van der Waals surface area contributed by atoms with Crippen molar-refractivity contribution in [2.75, 3.05) is 0 Å². The molecule has 1 aliphatic carbocycles. The number of aromatic nitrogens is 3. The van der Waals surface area contributed by atoms with Crippen LogP contribution >= 0.6 is 11.3 Å². The van der Waals surface area contributed by atoms with E-state index in [9.17, 15) is 0 Å². The van der Waals surface area contributed by atoms with Gasteiger partial charge in [0.15, 0.2) is 17.5 Å². The molecule has 0 saturated carbocycles. The van der Waals surface area contributed by atoms with Gasteiger partial charge in [-0.1, -0.05) is 178 Å². The van der Waals surface area contributed by atoms with Gasteiger partial charge in [-0.2, -0.15) is 0 Å². The van der Waals surface area contributed by atoms with E-state index < -0.39 is 0 Å². The Labute approximate surface area is 375 Å². The Balaban J connectivity index is 0.939. The second-order valence-electron chi connectivity index (χ2n) is 17.5. The highest BCUT2D eigenvalue weighted by Gasteiger charge is 2.35. The Kier molecular flexibility index (Phi) is 8.12. The van der Waals surface area contributed by atoms with E-state index in [1.54, 1.807) is 0 Å². The summed E-state index contributed by atoms with van der Waals surface area (Å²) in [6, 6.07) is 72.6. The molecular formula is C60H39N3S. The molecule has 0 atom stereocenters. The summed E-state index contributed by atoms with van der Waals surface area (Å²) in [5.41, 5.74) is 12.7. The molecule has 4 heteroatoms. The number of fused-ring (bicyclic) bond motifs is 12. The van der Waals surface area contributed by atoms with Gasteiger partial charge in [0, 0.05) is 42.3 Å². The quantitative estimate of drug-likeness (QED) is 0.162. The SMILES string of the molecule is CC1(C)c2ccccc2-c2cc(-c3nc(-c4ccccc4)nc(-c4cccc(-c5cccc6sc7ccc(-c8ccc9c%10ccccc%10c%10ccccc%10c9c8)cc7c56)c4)n3)ccc21. The second kappa shape index (κ2) is 14.1. The van der Waals surface area contributed by atoms with Crippen LogP contribution in [0.5, 0.6) is 0 Å². The van der Waals surface area contributed by atoms with Gasteiger partial charge in [0.25, 0.3) is 0 Å². The third kappa shape index (κ3) is 5.69. The lowest BCUT2D eigenvalue weighted by Gasteiger charge is -2.21. The van der Waals surface area contributed by atoms with Crippen molar-refractivity contribution >= 4 is 63.8 Å². The molecule has 1 aliphatic rings. The molecule has 0 bridgehead atoms. The minimum Gasteiger partial charge on any atom is -0.208 e. The lowest BCUT2D eigenvalue weighted by Crippen LogP contribution is -2.14. The Morgan fingerprint density at radius 1 is 0.312 bits per heavy atom. The predicted octanol–water partition coefficient (Wildman–Crippen LogP) is 16.3. The minimum absolute atomic E-state index is 0.0793. The van der Waals surface area contributed by atoms with Crippen LogP contribution in [-0.4, -0.2) is 15.0 Å². The van der Waals surface area contributed by atoms with Crippen LogP contribution in [0.3, 0.4) is 0 Å². The molecule has 10 aromatic carbocycles. The summed E-state index contributed by atoms with van der Waals surface area (Å²) in [6.07, 6.45) is 0. The Hall–Kier alpha value is -7.79. The van der Waals surface area contributed by atoms with Crippen LogP contribution in [-0.2, 0) is 5.41 Å². The lowest BCUT2D eigenvalue weighted by atomic mass is 9.82. The summed E-state index contributed by atoms with van der Waals surface area (Å²) in [6.45, 7) is 4.62. The van der Waals surface area contributed by atoms with E-state index in [-0.39, 0.29) is 5.41 Å². The molecule has 0 spiro atoms. The molecule has 2 aromatic heterocycles. The third-order valence-electron chi connectivity index (χ3n) is 13.5. The molecule has 2 heterocycles. The van der Waals surface area contributed by atoms with E-state index in [1.165, 1.54) is 91.4 Å². The molecule has 0 radical (unpaired) electrons. The zero-order chi connectivity index (χ0) is 42.5. The molecule has 300 valence electrons. The molecular weight excluding hydrogens is 795 g/mol. The zero-order valence-electron chi connectivity index (χ0n) is 35.3. The molecule has 0 fully saturated rings. The van der Waals surface area contributed by atoms with Crippen LogP contribution in [0.25, 0.3) is 120 Å². The number of benzene rings is 10. The summed E-state index contributed by atoms with van der Waals surface area (Å²) < 4.78 is 2.54. The average Bonchev–Trinajstić information content (AvgIpc) is 3.85. The highest BCUT2D eigenvalue weighted by Crippen LogP contribution is 2.50. The second-order valence-corrected chi connectivity index (χ2v) is 18.6. The maximum atomic E-state index is 5.24.